The lowest BCUT2D eigenvalue weighted by Crippen LogP contribution is -2.45. The van der Waals surface area contributed by atoms with E-state index in [-0.39, 0.29) is 23.8 Å². The number of fused-ring (bicyclic) bond motifs is 1. The molecule has 2 aliphatic rings. The van der Waals surface area contributed by atoms with Crippen LogP contribution in [0.3, 0.4) is 0 Å². The minimum atomic E-state index is -0.155. The van der Waals surface area contributed by atoms with Gasteiger partial charge in [-0.1, -0.05) is 6.07 Å². The van der Waals surface area contributed by atoms with E-state index < -0.39 is 0 Å². The number of nitrogens with zero attached hydrogens (tertiary/aromatic N) is 2. The van der Waals surface area contributed by atoms with Crippen LogP contribution in [0.5, 0.6) is 11.5 Å². The Hall–Kier alpha value is -2.61. The molecular formula is C21H25N3O4S. The summed E-state index contributed by atoms with van der Waals surface area (Å²) in [7, 11) is 0. The number of likely N-dealkylation sites (tertiary alicyclic amines) is 1. The molecule has 0 aliphatic carbocycles. The van der Waals surface area contributed by atoms with E-state index in [0.717, 1.165) is 35.7 Å². The second-order valence-electron chi connectivity index (χ2n) is 7.45. The topological polar surface area (TPSA) is 80.8 Å². The zero-order valence-electron chi connectivity index (χ0n) is 16.4. The summed E-state index contributed by atoms with van der Waals surface area (Å²) in [5.74, 6) is 1.60. The number of carbonyl (C=O) groups is 2. The highest BCUT2D eigenvalue weighted by Gasteiger charge is 2.32. The normalized spacial score (nSPS) is 19.5. The molecule has 1 aromatic heterocycles. The maximum atomic E-state index is 13.0. The molecule has 2 amide bonds. The molecule has 154 valence electrons. The van der Waals surface area contributed by atoms with Gasteiger partial charge in [-0.3, -0.25) is 9.59 Å². The summed E-state index contributed by atoms with van der Waals surface area (Å²) >= 11 is 1.54. The molecular weight excluding hydrogens is 390 g/mol. The fourth-order valence-electron chi connectivity index (χ4n) is 3.98. The first kappa shape index (κ1) is 19.7. The second kappa shape index (κ2) is 8.82. The van der Waals surface area contributed by atoms with Crippen LogP contribution in [0.4, 0.5) is 0 Å². The Morgan fingerprint density at radius 2 is 2.14 bits per heavy atom. The number of hydrogen-bond acceptors (Lipinski definition) is 6. The number of thiazole rings is 1. The standard InChI is InChI=1S/C21H25N3O4S/c1-14(25)23-20(21-22-6-10-29-21)16-3-2-7-24(13-16)19(26)12-15-4-5-17-18(11-15)28-9-8-27-17/h4-6,10-11,16,20H,2-3,7-9,12-13H2,1H3,(H,23,25)/t16-,20+/m1/s1. The van der Waals surface area contributed by atoms with Crippen LogP contribution < -0.4 is 14.8 Å². The van der Waals surface area contributed by atoms with Crippen molar-refractivity contribution in [1.29, 1.82) is 0 Å². The molecule has 8 heteroatoms. The van der Waals surface area contributed by atoms with Gasteiger partial charge in [0.05, 0.1) is 12.5 Å². The number of hydrogen-bond donors (Lipinski definition) is 1. The van der Waals surface area contributed by atoms with Crippen molar-refractivity contribution in [3.05, 3.63) is 40.3 Å². The third-order valence-corrected chi connectivity index (χ3v) is 6.18. The lowest BCUT2D eigenvalue weighted by atomic mass is 9.90. The number of nitrogens with one attached hydrogen (secondary N) is 1. The van der Waals surface area contributed by atoms with Crippen LogP contribution in [-0.2, 0) is 16.0 Å². The molecule has 4 rings (SSSR count). The molecule has 29 heavy (non-hydrogen) atoms. The largest absolute Gasteiger partial charge is 0.486 e. The molecule has 7 nitrogen and oxygen atoms in total. The van der Waals surface area contributed by atoms with Gasteiger partial charge < -0.3 is 19.7 Å². The van der Waals surface area contributed by atoms with Crippen LogP contribution in [0.2, 0.25) is 0 Å². The number of ether oxygens (including phenoxy) is 2. The Kier molecular flexibility index (Phi) is 5.99. The average molecular weight is 416 g/mol. The zero-order valence-corrected chi connectivity index (χ0v) is 17.2. The summed E-state index contributed by atoms with van der Waals surface area (Å²) in [6.45, 7) is 3.96. The van der Waals surface area contributed by atoms with Gasteiger partial charge in [0.1, 0.15) is 18.2 Å². The number of carbonyl (C=O) groups excluding carboxylic acids is 2. The second-order valence-corrected chi connectivity index (χ2v) is 8.37. The summed E-state index contributed by atoms with van der Waals surface area (Å²) in [6.07, 6.45) is 3.95. The summed E-state index contributed by atoms with van der Waals surface area (Å²) in [5, 5.41) is 5.85. The van der Waals surface area contributed by atoms with E-state index in [0.29, 0.717) is 31.9 Å². The van der Waals surface area contributed by atoms with Crippen LogP contribution in [0.1, 0.15) is 36.4 Å². The van der Waals surface area contributed by atoms with Crippen molar-refractivity contribution in [2.24, 2.45) is 5.92 Å². The van der Waals surface area contributed by atoms with Gasteiger partial charge in [-0.05, 0) is 30.5 Å². The number of benzene rings is 1. The minimum absolute atomic E-state index is 0.0788. The van der Waals surface area contributed by atoms with E-state index in [9.17, 15) is 9.59 Å². The lowest BCUT2D eigenvalue weighted by molar-refractivity contribution is -0.132. The molecule has 1 aromatic carbocycles. The van der Waals surface area contributed by atoms with Gasteiger partial charge in [-0.25, -0.2) is 4.98 Å². The van der Waals surface area contributed by atoms with Gasteiger partial charge in [0.15, 0.2) is 11.5 Å². The first-order chi connectivity index (χ1) is 14.1. The highest BCUT2D eigenvalue weighted by molar-refractivity contribution is 7.09. The molecule has 2 aromatic rings. The summed E-state index contributed by atoms with van der Waals surface area (Å²) < 4.78 is 11.2. The van der Waals surface area contributed by atoms with Crippen molar-refractivity contribution < 1.29 is 19.1 Å². The van der Waals surface area contributed by atoms with Crippen molar-refractivity contribution in [1.82, 2.24) is 15.2 Å². The molecule has 3 heterocycles. The predicted molar refractivity (Wildman–Crippen MR) is 109 cm³/mol. The van der Waals surface area contributed by atoms with Gasteiger partial charge in [-0.2, -0.15) is 0 Å². The summed E-state index contributed by atoms with van der Waals surface area (Å²) in [4.78, 5) is 31.0. The number of piperidine rings is 1. The lowest BCUT2D eigenvalue weighted by Gasteiger charge is -2.36. The van der Waals surface area contributed by atoms with Crippen molar-refractivity contribution in [2.75, 3.05) is 26.3 Å². The number of amides is 2. The minimum Gasteiger partial charge on any atom is -0.486 e. The van der Waals surface area contributed by atoms with E-state index in [2.05, 4.69) is 10.3 Å². The van der Waals surface area contributed by atoms with Crippen molar-refractivity contribution >= 4 is 23.2 Å². The Labute approximate surface area is 174 Å². The molecule has 1 saturated heterocycles. The van der Waals surface area contributed by atoms with Crippen molar-refractivity contribution in [2.45, 2.75) is 32.2 Å². The quantitative estimate of drug-likeness (QED) is 0.812. The van der Waals surface area contributed by atoms with Crippen LogP contribution in [-0.4, -0.2) is 48.0 Å². The number of rotatable bonds is 5. The molecule has 2 aliphatic heterocycles. The van der Waals surface area contributed by atoms with E-state index >= 15 is 0 Å². The Balaban J connectivity index is 1.43. The highest BCUT2D eigenvalue weighted by Crippen LogP contribution is 2.33. The maximum absolute atomic E-state index is 13.0. The van der Waals surface area contributed by atoms with Gasteiger partial charge in [0.2, 0.25) is 11.8 Å². The van der Waals surface area contributed by atoms with Gasteiger partial charge in [-0.15, -0.1) is 11.3 Å². The third-order valence-electron chi connectivity index (χ3n) is 5.32. The Morgan fingerprint density at radius 1 is 1.31 bits per heavy atom. The van der Waals surface area contributed by atoms with E-state index in [1.165, 1.54) is 18.3 Å². The van der Waals surface area contributed by atoms with Crippen LogP contribution in [0.15, 0.2) is 29.8 Å². The van der Waals surface area contributed by atoms with Gasteiger partial charge in [0, 0.05) is 37.5 Å². The summed E-state index contributed by atoms with van der Waals surface area (Å²) in [6, 6.07) is 5.52. The molecule has 1 fully saturated rings. The van der Waals surface area contributed by atoms with Crippen LogP contribution >= 0.6 is 11.3 Å². The first-order valence-electron chi connectivity index (χ1n) is 9.93. The molecule has 0 spiro atoms. The SMILES string of the molecule is CC(=O)N[C@H](c1nccs1)[C@@H]1CCCN(C(=O)Cc2ccc3c(c2)OCCO3)C1. The fourth-order valence-corrected chi connectivity index (χ4v) is 4.76. The molecule has 1 N–H and O–H groups in total. The number of aromatic nitrogens is 1. The van der Waals surface area contributed by atoms with E-state index in [1.54, 1.807) is 6.20 Å². The monoisotopic (exact) mass is 415 g/mol. The average Bonchev–Trinajstić information content (AvgIpc) is 3.26. The van der Waals surface area contributed by atoms with Crippen LogP contribution in [0.25, 0.3) is 0 Å². The predicted octanol–water partition coefficient (Wildman–Crippen LogP) is 2.57. The first-order valence-corrected chi connectivity index (χ1v) is 10.8. The smallest absolute Gasteiger partial charge is 0.227 e. The molecule has 0 unspecified atom stereocenters. The maximum Gasteiger partial charge on any atom is 0.227 e. The zero-order chi connectivity index (χ0) is 20.2. The van der Waals surface area contributed by atoms with Gasteiger partial charge >= 0.3 is 0 Å². The molecule has 2 atom stereocenters. The Bertz CT molecular complexity index is 871. The van der Waals surface area contributed by atoms with Crippen LogP contribution in [0, 0.1) is 5.92 Å². The van der Waals surface area contributed by atoms with Crippen molar-refractivity contribution in [3.63, 3.8) is 0 Å². The van der Waals surface area contributed by atoms with E-state index in [1.807, 2.05) is 28.5 Å². The third kappa shape index (κ3) is 4.70. The van der Waals surface area contributed by atoms with Gasteiger partial charge in [0.25, 0.3) is 0 Å². The molecule has 0 radical (unpaired) electrons. The molecule has 0 saturated carbocycles. The highest BCUT2D eigenvalue weighted by atomic mass is 32.1. The Morgan fingerprint density at radius 3 is 2.90 bits per heavy atom. The fraction of sp³-hybridized carbons (Fsp3) is 0.476. The molecule has 0 bridgehead atoms. The van der Waals surface area contributed by atoms with Crippen molar-refractivity contribution in [3.8, 4) is 11.5 Å². The van der Waals surface area contributed by atoms with E-state index in [4.69, 9.17) is 9.47 Å². The summed E-state index contributed by atoms with van der Waals surface area (Å²) in [5.41, 5.74) is 0.916.